The lowest BCUT2D eigenvalue weighted by Gasteiger charge is -2.49. The predicted molar refractivity (Wildman–Crippen MR) is 96.2 cm³/mol. The SMILES string of the molecule is O=C(O)C1C(=O)NC2C3CCCC4CCC(C5CSCCN5)C(C43)C12. The first kappa shape index (κ1) is 16.4. The summed E-state index contributed by atoms with van der Waals surface area (Å²) in [7, 11) is 0. The third-order valence-corrected chi connectivity index (χ3v) is 9.08. The van der Waals surface area contributed by atoms with Gasteiger partial charge in [-0.25, -0.2) is 0 Å². The highest BCUT2D eigenvalue weighted by Gasteiger charge is 2.65. The number of aliphatic carboxylic acids is 1. The molecule has 9 unspecified atom stereocenters. The van der Waals surface area contributed by atoms with Crippen LogP contribution < -0.4 is 10.6 Å². The maximum atomic E-state index is 12.4. The molecule has 0 spiro atoms. The standard InChI is InChI=1S/C19H28N2O3S/c22-18-16(19(23)24)15-14-10(12-8-25-7-6-20-12)5-4-9-2-1-3-11(13(9)14)17(15)21-18/h9-17,20H,1-8H2,(H,21,22)(H,23,24). The highest BCUT2D eigenvalue weighted by atomic mass is 32.2. The normalized spacial score (nSPS) is 51.5. The van der Waals surface area contributed by atoms with E-state index in [9.17, 15) is 14.7 Å². The highest BCUT2D eigenvalue weighted by molar-refractivity contribution is 7.99. The van der Waals surface area contributed by atoms with Gasteiger partial charge in [0.15, 0.2) is 0 Å². The Morgan fingerprint density at radius 3 is 2.72 bits per heavy atom. The van der Waals surface area contributed by atoms with Gasteiger partial charge in [0.2, 0.25) is 5.91 Å². The van der Waals surface area contributed by atoms with E-state index in [0.29, 0.717) is 29.7 Å². The number of carbonyl (C=O) groups excluding carboxylic acids is 1. The second-order valence-corrected chi connectivity index (χ2v) is 9.96. The Balaban J connectivity index is 1.53. The third kappa shape index (κ3) is 2.39. The van der Waals surface area contributed by atoms with E-state index in [4.69, 9.17) is 0 Å². The van der Waals surface area contributed by atoms with Crippen molar-refractivity contribution in [3.05, 3.63) is 0 Å². The fourth-order valence-corrected chi connectivity index (χ4v) is 8.37. The molecule has 0 radical (unpaired) electrons. The second-order valence-electron chi connectivity index (χ2n) is 8.81. The van der Waals surface area contributed by atoms with Crippen LogP contribution in [0.4, 0.5) is 0 Å². The van der Waals surface area contributed by atoms with Crippen LogP contribution in [0.25, 0.3) is 0 Å². The number of hydrogen-bond acceptors (Lipinski definition) is 4. The summed E-state index contributed by atoms with van der Waals surface area (Å²) in [6, 6.07) is 0.611. The lowest BCUT2D eigenvalue weighted by atomic mass is 9.58. The lowest BCUT2D eigenvalue weighted by molar-refractivity contribution is -0.148. The van der Waals surface area contributed by atoms with Gasteiger partial charge >= 0.3 is 5.97 Å². The molecule has 0 aromatic rings. The van der Waals surface area contributed by atoms with E-state index in [-0.39, 0.29) is 17.9 Å². The Morgan fingerprint density at radius 2 is 1.96 bits per heavy atom. The fraction of sp³-hybridized carbons (Fsp3) is 0.895. The molecule has 2 aliphatic heterocycles. The minimum atomic E-state index is -0.907. The summed E-state index contributed by atoms with van der Waals surface area (Å²) in [6.07, 6.45) is 6.24. The van der Waals surface area contributed by atoms with Crippen LogP contribution in [-0.4, -0.2) is 47.1 Å². The van der Waals surface area contributed by atoms with Crippen LogP contribution in [0.1, 0.15) is 32.1 Å². The Kier molecular flexibility index (Phi) is 4.04. The van der Waals surface area contributed by atoms with Gasteiger partial charge in [0.1, 0.15) is 5.92 Å². The number of carboxylic acids is 1. The number of amides is 1. The van der Waals surface area contributed by atoms with E-state index < -0.39 is 11.9 Å². The van der Waals surface area contributed by atoms with Gasteiger partial charge in [0, 0.05) is 36.1 Å². The maximum Gasteiger partial charge on any atom is 0.316 e. The molecule has 0 aromatic carbocycles. The molecule has 138 valence electrons. The molecular formula is C19H28N2O3S. The van der Waals surface area contributed by atoms with Gasteiger partial charge in [-0.1, -0.05) is 12.8 Å². The minimum absolute atomic E-state index is 0.0135. The van der Waals surface area contributed by atoms with E-state index in [1.165, 1.54) is 37.9 Å². The largest absolute Gasteiger partial charge is 0.481 e. The van der Waals surface area contributed by atoms with Crippen LogP contribution in [0.5, 0.6) is 0 Å². The van der Waals surface area contributed by atoms with E-state index in [1.54, 1.807) is 0 Å². The molecule has 3 aliphatic carbocycles. The average Bonchev–Trinajstić information content (AvgIpc) is 3.12. The topological polar surface area (TPSA) is 78.4 Å². The zero-order chi connectivity index (χ0) is 17.1. The summed E-state index contributed by atoms with van der Waals surface area (Å²) in [5, 5.41) is 16.6. The van der Waals surface area contributed by atoms with E-state index in [2.05, 4.69) is 10.6 Å². The van der Waals surface area contributed by atoms with E-state index in [1.807, 2.05) is 11.8 Å². The van der Waals surface area contributed by atoms with Crippen molar-refractivity contribution in [3.8, 4) is 0 Å². The molecule has 3 saturated carbocycles. The average molecular weight is 365 g/mol. The monoisotopic (exact) mass is 364 g/mol. The lowest BCUT2D eigenvalue weighted by Crippen LogP contribution is -2.52. The summed E-state index contributed by atoms with van der Waals surface area (Å²) in [5.74, 6) is 3.23. The molecule has 5 rings (SSSR count). The zero-order valence-corrected chi connectivity index (χ0v) is 15.3. The van der Waals surface area contributed by atoms with Gasteiger partial charge in [0.05, 0.1) is 0 Å². The molecule has 3 N–H and O–H groups in total. The molecule has 0 bridgehead atoms. The third-order valence-electron chi connectivity index (χ3n) is 7.99. The van der Waals surface area contributed by atoms with Gasteiger partial charge in [0.25, 0.3) is 0 Å². The van der Waals surface area contributed by atoms with Crippen LogP contribution in [-0.2, 0) is 9.59 Å². The predicted octanol–water partition coefficient (Wildman–Crippen LogP) is 1.58. The first-order valence-corrected chi connectivity index (χ1v) is 11.2. The Morgan fingerprint density at radius 1 is 1.08 bits per heavy atom. The van der Waals surface area contributed by atoms with Gasteiger partial charge in [-0.2, -0.15) is 11.8 Å². The van der Waals surface area contributed by atoms with Crippen molar-refractivity contribution >= 4 is 23.6 Å². The van der Waals surface area contributed by atoms with E-state index >= 15 is 0 Å². The van der Waals surface area contributed by atoms with Crippen molar-refractivity contribution in [2.24, 2.45) is 41.4 Å². The van der Waals surface area contributed by atoms with E-state index in [0.717, 1.165) is 18.2 Å². The maximum absolute atomic E-state index is 12.4. The first-order chi connectivity index (χ1) is 12.2. The van der Waals surface area contributed by atoms with Crippen molar-refractivity contribution in [1.82, 2.24) is 10.6 Å². The van der Waals surface area contributed by atoms with Crippen molar-refractivity contribution in [2.75, 3.05) is 18.1 Å². The molecule has 5 aliphatic rings. The van der Waals surface area contributed by atoms with Gasteiger partial charge in [-0.15, -0.1) is 0 Å². The molecule has 1 amide bonds. The van der Waals surface area contributed by atoms with Crippen molar-refractivity contribution in [1.29, 1.82) is 0 Å². The number of thioether (sulfide) groups is 1. The van der Waals surface area contributed by atoms with Gasteiger partial charge in [-0.3, -0.25) is 9.59 Å². The summed E-state index contributed by atoms with van der Waals surface area (Å²) >= 11 is 2.02. The van der Waals surface area contributed by atoms with Crippen LogP contribution in [0.2, 0.25) is 0 Å². The van der Waals surface area contributed by atoms with Crippen molar-refractivity contribution < 1.29 is 14.7 Å². The summed E-state index contributed by atoms with van der Waals surface area (Å²) < 4.78 is 0. The minimum Gasteiger partial charge on any atom is -0.481 e. The number of nitrogens with one attached hydrogen (secondary N) is 2. The summed E-state index contributed by atoms with van der Waals surface area (Å²) in [5.41, 5.74) is 0. The number of carbonyl (C=O) groups is 2. The Bertz CT molecular complexity index is 579. The Labute approximate surface area is 153 Å². The second kappa shape index (κ2) is 6.15. The van der Waals surface area contributed by atoms with Gasteiger partial charge < -0.3 is 15.7 Å². The molecule has 9 atom stereocenters. The van der Waals surface area contributed by atoms with Crippen LogP contribution in [0.15, 0.2) is 0 Å². The highest BCUT2D eigenvalue weighted by Crippen LogP contribution is 2.62. The molecule has 25 heavy (non-hydrogen) atoms. The molecule has 2 saturated heterocycles. The fourth-order valence-electron chi connectivity index (χ4n) is 7.33. The van der Waals surface area contributed by atoms with Crippen LogP contribution >= 0.6 is 11.8 Å². The number of rotatable bonds is 2. The number of fused-ring (bicyclic) bond motifs is 3. The molecule has 5 nitrogen and oxygen atoms in total. The summed E-state index contributed by atoms with van der Waals surface area (Å²) in [6.45, 7) is 1.06. The smallest absolute Gasteiger partial charge is 0.316 e. The molecule has 0 aromatic heterocycles. The van der Waals surface area contributed by atoms with Crippen LogP contribution in [0, 0.1) is 41.4 Å². The Hall–Kier alpha value is -0.750. The van der Waals surface area contributed by atoms with Crippen molar-refractivity contribution in [3.63, 3.8) is 0 Å². The zero-order valence-electron chi connectivity index (χ0n) is 14.5. The molecule has 6 heteroatoms. The number of hydrogen-bond donors (Lipinski definition) is 3. The van der Waals surface area contributed by atoms with Crippen LogP contribution in [0.3, 0.4) is 0 Å². The summed E-state index contributed by atoms with van der Waals surface area (Å²) in [4.78, 5) is 24.4. The van der Waals surface area contributed by atoms with Crippen molar-refractivity contribution in [2.45, 2.75) is 44.2 Å². The molecular weight excluding hydrogens is 336 g/mol. The molecule has 2 heterocycles. The molecule has 5 fully saturated rings. The quantitative estimate of drug-likeness (QED) is 0.649. The first-order valence-electron chi connectivity index (χ1n) is 10.0. The number of carboxylic acid groups (broad SMARTS) is 1. The van der Waals surface area contributed by atoms with Gasteiger partial charge in [-0.05, 0) is 48.9 Å².